The minimum absolute atomic E-state index is 0.00923. The second kappa shape index (κ2) is 10.1. The predicted molar refractivity (Wildman–Crippen MR) is 134 cm³/mol. The molecule has 2 aromatic carbocycles. The van der Waals surface area contributed by atoms with Gasteiger partial charge in [-0.2, -0.15) is 0 Å². The number of methoxy groups -OCH3 is 2. The van der Waals surface area contributed by atoms with Crippen molar-refractivity contribution in [3.63, 3.8) is 0 Å². The van der Waals surface area contributed by atoms with Crippen LogP contribution in [0.25, 0.3) is 16.7 Å². The highest BCUT2D eigenvalue weighted by Crippen LogP contribution is 2.36. The van der Waals surface area contributed by atoms with Crippen molar-refractivity contribution in [2.75, 3.05) is 25.3 Å². The number of pyridine rings is 1. The number of halogens is 1. The maximum Gasteiger partial charge on any atom is 0.267 e. The van der Waals surface area contributed by atoms with Crippen LogP contribution in [0.2, 0.25) is 5.02 Å². The average Bonchev–Trinajstić information content (AvgIpc) is 2.83. The normalized spacial score (nSPS) is 10.8. The molecule has 0 aliphatic carbocycles. The Labute approximate surface area is 204 Å². The number of para-hydroxylation sites is 1. The molecule has 0 aliphatic rings. The van der Waals surface area contributed by atoms with E-state index in [1.54, 1.807) is 42.6 Å². The molecule has 0 unspecified atom stereocenters. The molecule has 0 atom stereocenters. The third-order valence-electron chi connectivity index (χ3n) is 4.96. The maximum absolute atomic E-state index is 13.3. The molecular weight excluding hydrogens is 476 g/mol. The molecule has 0 saturated heterocycles. The van der Waals surface area contributed by atoms with E-state index in [0.29, 0.717) is 44.1 Å². The number of carbonyl (C=O) groups excluding carboxylic acids is 1. The molecule has 174 valence electrons. The summed E-state index contributed by atoms with van der Waals surface area (Å²) >= 11 is 7.27. The summed E-state index contributed by atoms with van der Waals surface area (Å²) < 4.78 is 12.0. The van der Waals surface area contributed by atoms with Crippen molar-refractivity contribution in [1.82, 2.24) is 14.5 Å². The van der Waals surface area contributed by atoms with Gasteiger partial charge in [-0.1, -0.05) is 35.5 Å². The zero-order chi connectivity index (χ0) is 24.2. The first kappa shape index (κ1) is 23.6. The third kappa shape index (κ3) is 4.85. The van der Waals surface area contributed by atoms with E-state index in [4.69, 9.17) is 21.1 Å². The lowest BCUT2D eigenvalue weighted by molar-refractivity contribution is -0.113. The van der Waals surface area contributed by atoms with E-state index in [2.05, 4.69) is 15.3 Å². The number of anilines is 1. The fourth-order valence-corrected chi connectivity index (χ4v) is 4.36. The highest BCUT2D eigenvalue weighted by molar-refractivity contribution is 7.99. The molecule has 1 amide bonds. The van der Waals surface area contributed by atoms with E-state index in [1.807, 2.05) is 19.1 Å². The number of aryl methyl sites for hydroxylation is 1. The Hall–Kier alpha value is -3.56. The molecule has 2 aromatic heterocycles. The summed E-state index contributed by atoms with van der Waals surface area (Å²) in [4.78, 5) is 35.1. The maximum atomic E-state index is 13.3. The van der Waals surface area contributed by atoms with Crippen molar-refractivity contribution < 1.29 is 14.3 Å². The predicted octanol–water partition coefficient (Wildman–Crippen LogP) is 4.49. The minimum Gasteiger partial charge on any atom is -0.495 e. The van der Waals surface area contributed by atoms with Crippen LogP contribution in [0.3, 0.4) is 0 Å². The molecule has 0 aliphatic heterocycles. The molecule has 0 saturated carbocycles. The molecule has 4 aromatic rings. The number of fused-ring (bicyclic) bond motifs is 1. The van der Waals surface area contributed by atoms with Crippen LogP contribution >= 0.6 is 23.4 Å². The van der Waals surface area contributed by atoms with E-state index in [0.717, 1.165) is 17.3 Å². The van der Waals surface area contributed by atoms with Crippen LogP contribution in [0.1, 0.15) is 5.56 Å². The second-order valence-corrected chi connectivity index (χ2v) is 8.62. The van der Waals surface area contributed by atoms with Crippen molar-refractivity contribution in [2.45, 2.75) is 12.1 Å². The first-order valence-electron chi connectivity index (χ1n) is 10.2. The molecule has 0 spiro atoms. The molecule has 0 fully saturated rings. The van der Waals surface area contributed by atoms with E-state index in [9.17, 15) is 9.59 Å². The number of rotatable bonds is 7. The monoisotopic (exact) mass is 496 g/mol. The van der Waals surface area contributed by atoms with Gasteiger partial charge in [-0.25, -0.2) is 14.5 Å². The summed E-state index contributed by atoms with van der Waals surface area (Å²) in [6, 6.07) is 13.9. The number of nitrogens with zero attached hydrogens (tertiary/aromatic N) is 3. The molecular formula is C24H21ClN4O4S. The Balaban J connectivity index is 1.66. The van der Waals surface area contributed by atoms with Gasteiger partial charge in [-0.3, -0.25) is 9.59 Å². The molecule has 8 nitrogen and oxygen atoms in total. The molecule has 0 radical (unpaired) electrons. The fraction of sp³-hybridized carbons (Fsp3) is 0.167. The number of benzene rings is 2. The Morgan fingerprint density at radius 1 is 1.12 bits per heavy atom. The number of thioether (sulfide) groups is 1. The summed E-state index contributed by atoms with van der Waals surface area (Å²) in [5, 5.41) is 3.99. The minimum atomic E-state index is -0.321. The van der Waals surface area contributed by atoms with Gasteiger partial charge in [0.2, 0.25) is 5.91 Å². The Kier molecular flexibility index (Phi) is 7.04. The summed E-state index contributed by atoms with van der Waals surface area (Å²) in [7, 11) is 2.97. The van der Waals surface area contributed by atoms with Crippen LogP contribution in [-0.4, -0.2) is 40.4 Å². The van der Waals surface area contributed by atoms with Gasteiger partial charge in [0, 0.05) is 18.3 Å². The topological polar surface area (TPSA) is 95.3 Å². The highest BCUT2D eigenvalue weighted by atomic mass is 35.5. The van der Waals surface area contributed by atoms with E-state index < -0.39 is 0 Å². The van der Waals surface area contributed by atoms with Gasteiger partial charge in [-0.05, 0) is 36.8 Å². The average molecular weight is 497 g/mol. The van der Waals surface area contributed by atoms with E-state index >= 15 is 0 Å². The lowest BCUT2D eigenvalue weighted by Gasteiger charge is -2.14. The van der Waals surface area contributed by atoms with Gasteiger partial charge >= 0.3 is 0 Å². The van der Waals surface area contributed by atoms with Gasteiger partial charge in [-0.15, -0.1) is 0 Å². The molecule has 0 bridgehead atoms. The number of carbonyl (C=O) groups is 1. The molecule has 34 heavy (non-hydrogen) atoms. The van der Waals surface area contributed by atoms with Crippen molar-refractivity contribution in [1.29, 1.82) is 0 Å². The number of ether oxygens (including phenoxy) is 2. The quantitative estimate of drug-likeness (QED) is 0.297. The SMILES string of the molecule is COc1cc(NC(=O)CSc2nc3ccccc3c(=O)n2-c2cc(C)ccn2)c(OC)cc1Cl. The summed E-state index contributed by atoms with van der Waals surface area (Å²) in [6.07, 6.45) is 1.63. The number of aromatic nitrogens is 3. The zero-order valence-corrected chi connectivity index (χ0v) is 20.2. The van der Waals surface area contributed by atoms with Gasteiger partial charge < -0.3 is 14.8 Å². The summed E-state index contributed by atoms with van der Waals surface area (Å²) in [6.45, 7) is 1.92. The molecule has 4 rings (SSSR count). The zero-order valence-electron chi connectivity index (χ0n) is 18.7. The lowest BCUT2D eigenvalue weighted by Crippen LogP contribution is -2.23. The second-order valence-electron chi connectivity index (χ2n) is 7.27. The molecule has 10 heteroatoms. The van der Waals surface area contributed by atoms with Crippen LogP contribution in [0.4, 0.5) is 5.69 Å². The van der Waals surface area contributed by atoms with E-state index in [-0.39, 0.29) is 17.2 Å². The van der Waals surface area contributed by atoms with Crippen molar-refractivity contribution in [3.05, 3.63) is 75.7 Å². The smallest absolute Gasteiger partial charge is 0.267 e. The van der Waals surface area contributed by atoms with Crippen molar-refractivity contribution >= 4 is 45.9 Å². The number of hydrogen-bond donors (Lipinski definition) is 1. The highest BCUT2D eigenvalue weighted by Gasteiger charge is 2.17. The summed E-state index contributed by atoms with van der Waals surface area (Å²) in [5.74, 6) is 0.911. The van der Waals surface area contributed by atoms with Crippen molar-refractivity contribution in [3.8, 4) is 17.3 Å². The first-order valence-corrected chi connectivity index (χ1v) is 11.6. The Bertz CT molecular complexity index is 1440. The lowest BCUT2D eigenvalue weighted by atomic mass is 10.2. The first-order chi connectivity index (χ1) is 16.4. The largest absolute Gasteiger partial charge is 0.495 e. The number of amides is 1. The molecule has 2 heterocycles. The van der Waals surface area contributed by atoms with Crippen LogP contribution in [0, 0.1) is 6.92 Å². The Morgan fingerprint density at radius 2 is 1.88 bits per heavy atom. The number of hydrogen-bond acceptors (Lipinski definition) is 7. The van der Waals surface area contributed by atoms with Gasteiger partial charge in [0.25, 0.3) is 5.56 Å². The summed E-state index contributed by atoms with van der Waals surface area (Å²) in [5.41, 5.74) is 1.65. The van der Waals surface area contributed by atoms with Gasteiger partial charge in [0.1, 0.15) is 17.3 Å². The standard InChI is InChI=1S/C24H21ClN4O4S/c1-14-8-9-26-21(10-14)29-23(31)15-6-4-5-7-17(15)28-24(29)34-13-22(30)27-18-12-19(32-2)16(25)11-20(18)33-3/h4-12H,13H2,1-3H3,(H,27,30). The van der Waals surface area contributed by atoms with Gasteiger partial charge in [0.05, 0.1) is 41.6 Å². The van der Waals surface area contributed by atoms with Crippen LogP contribution in [-0.2, 0) is 4.79 Å². The number of nitrogens with one attached hydrogen (secondary N) is 1. The fourth-order valence-electron chi connectivity index (χ4n) is 3.33. The van der Waals surface area contributed by atoms with Crippen LogP contribution in [0.5, 0.6) is 11.5 Å². The third-order valence-corrected chi connectivity index (χ3v) is 6.19. The van der Waals surface area contributed by atoms with E-state index in [1.165, 1.54) is 18.8 Å². The van der Waals surface area contributed by atoms with Crippen LogP contribution < -0.4 is 20.3 Å². The van der Waals surface area contributed by atoms with Crippen molar-refractivity contribution in [2.24, 2.45) is 0 Å². The van der Waals surface area contributed by atoms with Crippen LogP contribution in [0.15, 0.2) is 64.7 Å². The Morgan fingerprint density at radius 3 is 2.62 bits per heavy atom. The molecule has 1 N–H and O–H groups in total. The van der Waals surface area contributed by atoms with Gasteiger partial charge in [0.15, 0.2) is 5.16 Å².